The lowest BCUT2D eigenvalue weighted by molar-refractivity contribution is -0.114. The number of aromatic nitrogens is 2. The van der Waals surface area contributed by atoms with Crippen molar-refractivity contribution in [3.8, 4) is 0 Å². The van der Waals surface area contributed by atoms with Crippen molar-refractivity contribution in [2.24, 2.45) is 16.7 Å². The van der Waals surface area contributed by atoms with Gasteiger partial charge in [0.05, 0.1) is 5.52 Å². The topological polar surface area (TPSA) is 64.0 Å². The van der Waals surface area contributed by atoms with Gasteiger partial charge in [0.1, 0.15) is 11.1 Å². The highest BCUT2D eigenvalue weighted by atomic mass is 16.2. The predicted molar refractivity (Wildman–Crippen MR) is 123 cm³/mol. The molecule has 0 spiro atoms. The van der Waals surface area contributed by atoms with E-state index < -0.39 is 0 Å². The third-order valence-electron chi connectivity index (χ3n) is 8.09. The molecule has 0 aliphatic heterocycles. The fraction of sp³-hybridized carbons (Fsp3) is 0.654. The first-order chi connectivity index (χ1) is 14.7. The van der Waals surface area contributed by atoms with Crippen molar-refractivity contribution in [3.63, 3.8) is 0 Å². The molecule has 5 nitrogen and oxygen atoms in total. The molecule has 1 N–H and O–H groups in total. The molecule has 0 aromatic carbocycles. The van der Waals surface area contributed by atoms with E-state index in [0.717, 1.165) is 50.6 Å². The number of fused-ring (bicyclic) bond motifs is 1. The Morgan fingerprint density at radius 1 is 1.16 bits per heavy atom. The summed E-state index contributed by atoms with van der Waals surface area (Å²) in [4.78, 5) is 31.1. The Labute approximate surface area is 184 Å². The zero-order valence-corrected chi connectivity index (χ0v) is 19.2. The van der Waals surface area contributed by atoms with Crippen LogP contribution in [0, 0.1) is 16.7 Å². The fourth-order valence-corrected chi connectivity index (χ4v) is 7.99. The van der Waals surface area contributed by atoms with Crippen molar-refractivity contribution >= 4 is 16.9 Å². The Morgan fingerprint density at radius 2 is 1.90 bits per heavy atom. The first-order valence-electron chi connectivity index (χ1n) is 12.0. The molecular weight excluding hydrogens is 386 g/mol. The summed E-state index contributed by atoms with van der Waals surface area (Å²) in [6.07, 6.45) is 13.6. The summed E-state index contributed by atoms with van der Waals surface area (Å²) < 4.78 is 2.05. The van der Waals surface area contributed by atoms with Crippen LogP contribution in [-0.4, -0.2) is 21.0 Å². The van der Waals surface area contributed by atoms with E-state index in [1.165, 1.54) is 19.3 Å². The average Bonchev–Trinajstić information content (AvgIpc) is 2.66. The number of nitrogens with one attached hydrogen (secondary N) is 1. The number of nitrogens with zero attached hydrogens (tertiary/aromatic N) is 2. The Hall–Kier alpha value is -2.17. The number of hydrogen-bond acceptors (Lipinski definition) is 3. The summed E-state index contributed by atoms with van der Waals surface area (Å²) in [5.41, 5.74) is 1.67. The minimum absolute atomic E-state index is 0.168. The zero-order chi connectivity index (χ0) is 21.9. The second kappa shape index (κ2) is 7.18. The van der Waals surface area contributed by atoms with Gasteiger partial charge in [-0.3, -0.25) is 14.6 Å². The van der Waals surface area contributed by atoms with E-state index in [1.54, 1.807) is 12.4 Å². The first kappa shape index (κ1) is 20.7. The molecule has 5 heteroatoms. The van der Waals surface area contributed by atoms with Gasteiger partial charge in [-0.2, -0.15) is 0 Å². The van der Waals surface area contributed by atoms with Crippen LogP contribution in [0.4, 0.5) is 0 Å². The van der Waals surface area contributed by atoms with E-state index in [0.29, 0.717) is 22.3 Å². The molecule has 2 aromatic heterocycles. The summed E-state index contributed by atoms with van der Waals surface area (Å²) in [6, 6.07) is 3.78. The summed E-state index contributed by atoms with van der Waals surface area (Å²) in [5.74, 6) is 0.478. The van der Waals surface area contributed by atoms with Crippen LogP contribution < -0.4 is 10.7 Å². The number of pyridine rings is 2. The third kappa shape index (κ3) is 3.60. The highest BCUT2D eigenvalue weighted by Gasteiger charge is 2.60. The molecule has 1 amide bonds. The number of carbonyl (C=O) groups is 1. The van der Waals surface area contributed by atoms with E-state index in [4.69, 9.17) is 0 Å². The summed E-state index contributed by atoms with van der Waals surface area (Å²) in [7, 11) is 0. The predicted octanol–water partition coefficient (Wildman–Crippen LogP) is 5.07. The number of amides is 1. The SMILES string of the molecule is CCCCCn1cc(C(=O)NC23CC4C[C@@](C)(C2)C[C@](C)(C4)C3)c(=O)c2ncccc21. The quantitative estimate of drug-likeness (QED) is 0.663. The van der Waals surface area contributed by atoms with Gasteiger partial charge in [0.2, 0.25) is 5.43 Å². The smallest absolute Gasteiger partial charge is 0.257 e. The summed E-state index contributed by atoms with van der Waals surface area (Å²) in [5, 5.41) is 3.41. The molecule has 166 valence electrons. The minimum Gasteiger partial charge on any atom is -0.346 e. The molecule has 4 fully saturated rings. The standard InChI is InChI=1S/C26H35N3O2/c1-4-5-6-10-29-14-19(22(30)21-20(29)8-7-9-27-21)23(31)28-26-13-18-11-24(2,16-26)15-25(3,12-18)17-26/h7-9,14,18H,4-6,10-13,15-17H2,1-3H3,(H,28,31)/t18?,24-,25+,26?. The van der Waals surface area contributed by atoms with Crippen molar-refractivity contribution in [3.05, 3.63) is 40.3 Å². The van der Waals surface area contributed by atoms with Crippen LogP contribution in [0.2, 0.25) is 0 Å². The highest BCUT2D eigenvalue weighted by Crippen LogP contribution is 2.66. The Morgan fingerprint density at radius 3 is 2.58 bits per heavy atom. The maximum absolute atomic E-state index is 13.5. The van der Waals surface area contributed by atoms with Gasteiger partial charge in [-0.15, -0.1) is 0 Å². The molecule has 6 rings (SSSR count). The lowest BCUT2D eigenvalue weighted by Crippen LogP contribution is -2.65. The highest BCUT2D eigenvalue weighted by molar-refractivity contribution is 5.97. The number of rotatable bonds is 6. The van der Waals surface area contributed by atoms with Gasteiger partial charge >= 0.3 is 0 Å². The molecule has 2 heterocycles. The molecule has 4 aliphatic carbocycles. The summed E-state index contributed by atoms with van der Waals surface area (Å²) >= 11 is 0. The lowest BCUT2D eigenvalue weighted by atomic mass is 9.43. The van der Waals surface area contributed by atoms with E-state index in [-0.39, 0.29) is 22.4 Å². The lowest BCUT2D eigenvalue weighted by Gasteiger charge is -2.65. The van der Waals surface area contributed by atoms with Gasteiger partial charge in [0.15, 0.2) is 0 Å². The van der Waals surface area contributed by atoms with Crippen molar-refractivity contribution in [1.82, 2.24) is 14.9 Å². The normalized spacial score (nSPS) is 33.7. The van der Waals surface area contributed by atoms with Crippen LogP contribution >= 0.6 is 0 Å². The van der Waals surface area contributed by atoms with E-state index in [9.17, 15) is 9.59 Å². The van der Waals surface area contributed by atoms with Crippen LogP contribution in [-0.2, 0) is 6.54 Å². The van der Waals surface area contributed by atoms with Crippen molar-refractivity contribution < 1.29 is 4.79 Å². The van der Waals surface area contributed by atoms with Crippen LogP contribution in [0.15, 0.2) is 29.3 Å². The largest absolute Gasteiger partial charge is 0.346 e. The molecule has 2 aromatic rings. The molecule has 4 aliphatic rings. The molecule has 0 radical (unpaired) electrons. The van der Waals surface area contributed by atoms with Gasteiger partial charge in [0.25, 0.3) is 5.91 Å². The molecule has 4 atom stereocenters. The van der Waals surface area contributed by atoms with E-state index in [1.807, 2.05) is 12.1 Å². The molecule has 4 bridgehead atoms. The zero-order valence-electron chi connectivity index (χ0n) is 19.2. The Balaban J connectivity index is 1.49. The van der Waals surface area contributed by atoms with Crippen LogP contribution in [0.25, 0.3) is 11.0 Å². The van der Waals surface area contributed by atoms with Gasteiger partial charge in [-0.05, 0) is 73.8 Å². The first-order valence-corrected chi connectivity index (χ1v) is 12.0. The van der Waals surface area contributed by atoms with Crippen LogP contribution in [0.3, 0.4) is 0 Å². The van der Waals surface area contributed by atoms with Crippen LogP contribution in [0.1, 0.15) is 88.9 Å². The Bertz CT molecular complexity index is 1070. The number of hydrogen-bond donors (Lipinski definition) is 1. The van der Waals surface area contributed by atoms with Gasteiger partial charge in [-0.1, -0.05) is 33.6 Å². The van der Waals surface area contributed by atoms with E-state index in [2.05, 4.69) is 35.6 Å². The maximum Gasteiger partial charge on any atom is 0.257 e. The monoisotopic (exact) mass is 421 g/mol. The number of aryl methyl sites for hydroxylation is 1. The third-order valence-corrected chi connectivity index (χ3v) is 8.09. The molecule has 2 unspecified atom stereocenters. The second-order valence-electron chi connectivity index (χ2n) is 11.5. The van der Waals surface area contributed by atoms with E-state index >= 15 is 0 Å². The van der Waals surface area contributed by atoms with Gasteiger partial charge in [-0.25, -0.2) is 0 Å². The average molecular weight is 422 g/mol. The van der Waals surface area contributed by atoms with Crippen molar-refractivity contribution in [2.45, 2.75) is 90.6 Å². The minimum atomic E-state index is -0.248. The molecular formula is C26H35N3O2. The van der Waals surface area contributed by atoms with Gasteiger partial charge in [0, 0.05) is 24.5 Å². The second-order valence-corrected chi connectivity index (χ2v) is 11.5. The van der Waals surface area contributed by atoms with Gasteiger partial charge < -0.3 is 9.88 Å². The number of unbranched alkanes of at least 4 members (excludes halogenated alkanes) is 2. The number of carbonyl (C=O) groups excluding carboxylic acids is 1. The maximum atomic E-state index is 13.5. The summed E-state index contributed by atoms with van der Waals surface area (Å²) in [6.45, 7) is 7.77. The molecule has 31 heavy (non-hydrogen) atoms. The van der Waals surface area contributed by atoms with Crippen molar-refractivity contribution in [1.29, 1.82) is 0 Å². The Kier molecular flexibility index (Phi) is 4.80. The van der Waals surface area contributed by atoms with Crippen molar-refractivity contribution in [2.75, 3.05) is 0 Å². The van der Waals surface area contributed by atoms with Crippen LogP contribution in [0.5, 0.6) is 0 Å². The molecule has 0 saturated heterocycles. The molecule has 4 saturated carbocycles. The fourth-order valence-electron chi connectivity index (χ4n) is 7.99.